The second kappa shape index (κ2) is 5.08. The Hall–Kier alpha value is -1.04. The maximum atomic E-state index is 12.4. The van der Waals surface area contributed by atoms with Crippen molar-refractivity contribution in [1.29, 1.82) is 0 Å². The summed E-state index contributed by atoms with van der Waals surface area (Å²) in [7, 11) is 0. The SMILES string of the molecule is FC(F)(F)C1CCN(CCn2ccnc2)CC1. The van der Waals surface area contributed by atoms with Gasteiger partial charge in [-0.05, 0) is 25.9 Å². The molecule has 0 bridgehead atoms. The van der Waals surface area contributed by atoms with Crippen LogP contribution in [0.3, 0.4) is 0 Å². The van der Waals surface area contributed by atoms with Crippen LogP contribution >= 0.6 is 0 Å². The second-order valence-corrected chi connectivity index (χ2v) is 4.46. The number of alkyl halides is 3. The summed E-state index contributed by atoms with van der Waals surface area (Å²) in [4.78, 5) is 6.01. The summed E-state index contributed by atoms with van der Waals surface area (Å²) in [5.74, 6) is -1.10. The van der Waals surface area contributed by atoms with Crippen molar-refractivity contribution >= 4 is 0 Å². The average molecular weight is 247 g/mol. The molecule has 0 aromatic carbocycles. The van der Waals surface area contributed by atoms with Gasteiger partial charge in [-0.25, -0.2) is 4.98 Å². The van der Waals surface area contributed by atoms with Crippen molar-refractivity contribution < 1.29 is 13.2 Å². The molecular weight excluding hydrogens is 231 g/mol. The molecule has 17 heavy (non-hydrogen) atoms. The van der Waals surface area contributed by atoms with E-state index in [0.717, 1.165) is 13.1 Å². The van der Waals surface area contributed by atoms with Gasteiger partial charge in [0.2, 0.25) is 0 Å². The van der Waals surface area contributed by atoms with Gasteiger partial charge >= 0.3 is 6.18 Å². The van der Waals surface area contributed by atoms with Crippen LogP contribution < -0.4 is 0 Å². The van der Waals surface area contributed by atoms with Gasteiger partial charge in [0.05, 0.1) is 12.2 Å². The van der Waals surface area contributed by atoms with Crippen molar-refractivity contribution in [1.82, 2.24) is 14.5 Å². The molecule has 2 rings (SSSR count). The summed E-state index contributed by atoms with van der Waals surface area (Å²) in [5.41, 5.74) is 0. The topological polar surface area (TPSA) is 21.1 Å². The van der Waals surface area contributed by atoms with Gasteiger partial charge in [0.25, 0.3) is 0 Å². The normalized spacial score (nSPS) is 19.7. The minimum atomic E-state index is -4.02. The van der Waals surface area contributed by atoms with E-state index >= 15 is 0 Å². The zero-order valence-electron chi connectivity index (χ0n) is 9.53. The molecule has 2 heterocycles. The van der Waals surface area contributed by atoms with Crippen molar-refractivity contribution in [3.8, 4) is 0 Å². The molecule has 0 radical (unpaired) electrons. The molecule has 96 valence electrons. The largest absolute Gasteiger partial charge is 0.391 e. The number of aromatic nitrogens is 2. The smallest absolute Gasteiger partial charge is 0.336 e. The Balaban J connectivity index is 1.72. The fraction of sp³-hybridized carbons (Fsp3) is 0.727. The molecule has 0 amide bonds. The lowest BCUT2D eigenvalue weighted by atomic mass is 9.96. The van der Waals surface area contributed by atoms with Crippen LogP contribution in [-0.4, -0.2) is 40.3 Å². The van der Waals surface area contributed by atoms with Gasteiger partial charge < -0.3 is 9.47 Å². The monoisotopic (exact) mass is 247 g/mol. The standard InChI is InChI=1S/C11H16F3N3/c12-11(13,14)10-1-4-16(5-2-10)7-8-17-6-3-15-9-17/h3,6,9-10H,1-2,4-5,7-8H2. The Morgan fingerprint density at radius 1 is 1.18 bits per heavy atom. The average Bonchev–Trinajstić information content (AvgIpc) is 2.78. The summed E-state index contributed by atoms with van der Waals surface area (Å²) in [6.07, 6.45) is 1.73. The number of rotatable bonds is 3. The number of piperidine rings is 1. The number of halogens is 3. The van der Waals surface area contributed by atoms with Gasteiger partial charge in [-0.15, -0.1) is 0 Å². The molecule has 1 aromatic rings. The predicted octanol–water partition coefficient (Wildman–Crippen LogP) is 2.16. The minimum absolute atomic E-state index is 0.230. The van der Waals surface area contributed by atoms with Gasteiger partial charge in [-0.2, -0.15) is 13.2 Å². The Morgan fingerprint density at radius 3 is 2.41 bits per heavy atom. The highest BCUT2D eigenvalue weighted by Gasteiger charge is 2.40. The molecule has 0 unspecified atom stereocenters. The maximum absolute atomic E-state index is 12.4. The molecule has 0 aliphatic carbocycles. The fourth-order valence-corrected chi connectivity index (χ4v) is 2.16. The summed E-state index contributed by atoms with van der Waals surface area (Å²) >= 11 is 0. The highest BCUT2D eigenvalue weighted by molar-refractivity contribution is 4.78. The molecule has 1 fully saturated rings. The lowest BCUT2D eigenvalue weighted by molar-refractivity contribution is -0.185. The first-order chi connectivity index (χ1) is 8.05. The first-order valence-electron chi connectivity index (χ1n) is 5.80. The van der Waals surface area contributed by atoms with Crippen molar-refractivity contribution in [2.24, 2.45) is 5.92 Å². The molecule has 0 spiro atoms. The quantitative estimate of drug-likeness (QED) is 0.816. The zero-order valence-corrected chi connectivity index (χ0v) is 9.53. The highest BCUT2D eigenvalue weighted by atomic mass is 19.4. The summed E-state index contributed by atoms with van der Waals surface area (Å²) in [5, 5.41) is 0. The van der Waals surface area contributed by atoms with Crippen LogP contribution in [0.2, 0.25) is 0 Å². The molecule has 3 nitrogen and oxygen atoms in total. The highest BCUT2D eigenvalue weighted by Crippen LogP contribution is 2.33. The molecular formula is C11H16F3N3. The Bertz CT molecular complexity index is 326. The number of nitrogens with zero attached hydrogens (tertiary/aromatic N) is 3. The third-order valence-corrected chi connectivity index (χ3v) is 3.28. The van der Waals surface area contributed by atoms with Crippen LogP contribution in [0.5, 0.6) is 0 Å². The molecule has 1 saturated heterocycles. The molecule has 1 aliphatic rings. The van der Waals surface area contributed by atoms with Gasteiger partial charge in [-0.1, -0.05) is 0 Å². The molecule has 0 atom stereocenters. The van der Waals surface area contributed by atoms with Crippen LogP contribution in [0.15, 0.2) is 18.7 Å². The summed E-state index contributed by atoms with van der Waals surface area (Å²) < 4.78 is 39.3. The summed E-state index contributed by atoms with van der Waals surface area (Å²) in [6, 6.07) is 0. The van der Waals surface area contributed by atoms with Gasteiger partial charge in [0.15, 0.2) is 0 Å². The van der Waals surface area contributed by atoms with E-state index < -0.39 is 12.1 Å². The van der Waals surface area contributed by atoms with E-state index in [9.17, 15) is 13.2 Å². The van der Waals surface area contributed by atoms with E-state index in [1.807, 2.05) is 10.8 Å². The number of hydrogen-bond donors (Lipinski definition) is 0. The van der Waals surface area contributed by atoms with Crippen LogP contribution in [0.25, 0.3) is 0 Å². The summed E-state index contributed by atoms with van der Waals surface area (Å²) in [6.45, 7) is 2.66. The maximum Gasteiger partial charge on any atom is 0.391 e. The third kappa shape index (κ3) is 3.46. The van der Waals surface area contributed by atoms with Crippen LogP contribution in [0.1, 0.15) is 12.8 Å². The van der Waals surface area contributed by atoms with E-state index in [4.69, 9.17) is 0 Å². The van der Waals surface area contributed by atoms with Crippen molar-refractivity contribution in [3.63, 3.8) is 0 Å². The zero-order chi connectivity index (χ0) is 12.3. The molecule has 1 aliphatic heterocycles. The molecule has 0 saturated carbocycles. The third-order valence-electron chi connectivity index (χ3n) is 3.28. The number of likely N-dealkylation sites (tertiary alicyclic amines) is 1. The van der Waals surface area contributed by atoms with Gasteiger partial charge in [-0.3, -0.25) is 0 Å². The predicted molar refractivity (Wildman–Crippen MR) is 57.4 cm³/mol. The molecule has 1 aromatic heterocycles. The van der Waals surface area contributed by atoms with Crippen LogP contribution in [0, 0.1) is 5.92 Å². The first-order valence-corrected chi connectivity index (χ1v) is 5.80. The number of imidazole rings is 1. The van der Waals surface area contributed by atoms with Crippen molar-refractivity contribution in [2.45, 2.75) is 25.6 Å². The van der Waals surface area contributed by atoms with Crippen LogP contribution in [-0.2, 0) is 6.54 Å². The van der Waals surface area contributed by atoms with E-state index in [1.165, 1.54) is 0 Å². The Kier molecular flexibility index (Phi) is 3.71. The minimum Gasteiger partial charge on any atom is -0.336 e. The first kappa shape index (κ1) is 12.4. The van der Waals surface area contributed by atoms with E-state index in [2.05, 4.69) is 9.88 Å². The Labute approximate surface area is 98.2 Å². The molecule has 6 heteroatoms. The van der Waals surface area contributed by atoms with E-state index in [-0.39, 0.29) is 12.8 Å². The number of hydrogen-bond acceptors (Lipinski definition) is 2. The lowest BCUT2D eigenvalue weighted by Gasteiger charge is -2.32. The molecule has 0 N–H and O–H groups in total. The van der Waals surface area contributed by atoms with Crippen LogP contribution in [0.4, 0.5) is 13.2 Å². The van der Waals surface area contributed by atoms with Gasteiger partial charge in [0.1, 0.15) is 0 Å². The van der Waals surface area contributed by atoms with E-state index in [0.29, 0.717) is 13.1 Å². The van der Waals surface area contributed by atoms with E-state index in [1.54, 1.807) is 12.5 Å². The fourth-order valence-electron chi connectivity index (χ4n) is 2.16. The lowest BCUT2D eigenvalue weighted by Crippen LogP contribution is -2.40. The second-order valence-electron chi connectivity index (χ2n) is 4.46. The van der Waals surface area contributed by atoms with Crippen molar-refractivity contribution in [3.05, 3.63) is 18.7 Å². The Morgan fingerprint density at radius 2 is 1.88 bits per heavy atom. The van der Waals surface area contributed by atoms with Gasteiger partial charge in [0, 0.05) is 25.5 Å². The van der Waals surface area contributed by atoms with Crippen molar-refractivity contribution in [2.75, 3.05) is 19.6 Å².